The van der Waals surface area contributed by atoms with Gasteiger partial charge in [0.05, 0.1) is 13.2 Å². The van der Waals surface area contributed by atoms with Crippen LogP contribution in [0.5, 0.6) is 11.5 Å². The molecule has 1 aliphatic rings. The minimum absolute atomic E-state index is 0.0751. The van der Waals surface area contributed by atoms with E-state index in [0.29, 0.717) is 12.6 Å². The molecule has 112 valence electrons. The molecule has 4 nitrogen and oxygen atoms in total. The van der Waals surface area contributed by atoms with Crippen LogP contribution in [-0.4, -0.2) is 38.5 Å². The fraction of sp³-hybridized carbons (Fsp3) is 0.625. The smallest absolute Gasteiger partial charge is 0.137 e. The van der Waals surface area contributed by atoms with E-state index in [9.17, 15) is 0 Å². The predicted molar refractivity (Wildman–Crippen MR) is 79.5 cm³/mol. The summed E-state index contributed by atoms with van der Waals surface area (Å²) in [5, 5.41) is 3.46. The minimum atomic E-state index is 0.0751. The van der Waals surface area contributed by atoms with Gasteiger partial charge in [0, 0.05) is 12.6 Å². The van der Waals surface area contributed by atoms with Gasteiger partial charge in [-0.2, -0.15) is 0 Å². The molecular formula is C16H25NO3. The standard InChI is InChI=1S/C16H25NO3/c1-3-10-19-13-5-7-14(8-6-13)20-16-12-18-11-9-15(16)17-4-2/h5-8,15-17H,3-4,9-12H2,1-2H3. The molecule has 0 radical (unpaired) electrons. The summed E-state index contributed by atoms with van der Waals surface area (Å²) in [5.41, 5.74) is 0. The van der Waals surface area contributed by atoms with Crippen LogP contribution < -0.4 is 14.8 Å². The topological polar surface area (TPSA) is 39.7 Å². The van der Waals surface area contributed by atoms with Crippen molar-refractivity contribution in [3.05, 3.63) is 24.3 Å². The van der Waals surface area contributed by atoms with Crippen LogP contribution in [0.15, 0.2) is 24.3 Å². The molecule has 1 aromatic carbocycles. The van der Waals surface area contributed by atoms with Gasteiger partial charge in [-0.25, -0.2) is 0 Å². The maximum absolute atomic E-state index is 6.04. The van der Waals surface area contributed by atoms with Crippen molar-refractivity contribution < 1.29 is 14.2 Å². The van der Waals surface area contributed by atoms with Gasteiger partial charge < -0.3 is 19.5 Å². The Morgan fingerprint density at radius 3 is 2.65 bits per heavy atom. The van der Waals surface area contributed by atoms with Gasteiger partial charge in [0.2, 0.25) is 0 Å². The quantitative estimate of drug-likeness (QED) is 0.833. The first-order chi connectivity index (χ1) is 9.83. The van der Waals surface area contributed by atoms with Crippen LogP contribution in [0, 0.1) is 0 Å². The van der Waals surface area contributed by atoms with Crippen molar-refractivity contribution in [3.63, 3.8) is 0 Å². The third kappa shape index (κ3) is 4.39. The van der Waals surface area contributed by atoms with E-state index in [4.69, 9.17) is 14.2 Å². The van der Waals surface area contributed by atoms with Crippen LogP contribution in [0.1, 0.15) is 26.7 Å². The summed E-state index contributed by atoms with van der Waals surface area (Å²) in [7, 11) is 0. The van der Waals surface area contributed by atoms with E-state index in [1.807, 2.05) is 24.3 Å². The molecule has 0 aromatic heterocycles. The highest BCUT2D eigenvalue weighted by atomic mass is 16.5. The van der Waals surface area contributed by atoms with Gasteiger partial charge in [0.1, 0.15) is 17.6 Å². The Labute approximate surface area is 121 Å². The monoisotopic (exact) mass is 279 g/mol. The molecule has 1 fully saturated rings. The number of hydrogen-bond acceptors (Lipinski definition) is 4. The third-order valence-electron chi connectivity index (χ3n) is 3.35. The molecule has 4 heteroatoms. The maximum atomic E-state index is 6.04. The van der Waals surface area contributed by atoms with E-state index in [2.05, 4.69) is 19.2 Å². The summed E-state index contributed by atoms with van der Waals surface area (Å²) in [6, 6.07) is 8.20. The van der Waals surface area contributed by atoms with Crippen LogP contribution in [0.25, 0.3) is 0 Å². The number of nitrogens with one attached hydrogen (secondary N) is 1. The maximum Gasteiger partial charge on any atom is 0.137 e. The summed E-state index contributed by atoms with van der Waals surface area (Å²) in [6.07, 6.45) is 2.09. The highest BCUT2D eigenvalue weighted by molar-refractivity contribution is 5.31. The lowest BCUT2D eigenvalue weighted by Gasteiger charge is -2.32. The second-order valence-electron chi connectivity index (χ2n) is 5.00. The van der Waals surface area contributed by atoms with Gasteiger partial charge >= 0.3 is 0 Å². The number of rotatable bonds is 7. The molecule has 1 saturated heterocycles. The molecule has 1 aromatic rings. The van der Waals surface area contributed by atoms with Crippen molar-refractivity contribution in [1.82, 2.24) is 5.32 Å². The summed E-state index contributed by atoms with van der Waals surface area (Å²) in [4.78, 5) is 0. The zero-order valence-electron chi connectivity index (χ0n) is 12.4. The first-order valence-corrected chi connectivity index (χ1v) is 7.54. The van der Waals surface area contributed by atoms with Gasteiger partial charge in [-0.1, -0.05) is 13.8 Å². The van der Waals surface area contributed by atoms with E-state index in [1.54, 1.807) is 0 Å². The van der Waals surface area contributed by atoms with Crippen molar-refractivity contribution in [2.45, 2.75) is 38.8 Å². The SMILES string of the molecule is CCCOc1ccc(OC2COCCC2NCC)cc1. The summed E-state index contributed by atoms with van der Waals surface area (Å²) in [6.45, 7) is 7.37. The largest absolute Gasteiger partial charge is 0.494 e. The molecule has 1 aliphatic heterocycles. The molecule has 1 N–H and O–H groups in total. The fourth-order valence-corrected chi connectivity index (χ4v) is 2.33. The molecule has 0 bridgehead atoms. The van der Waals surface area contributed by atoms with Crippen LogP contribution in [0.4, 0.5) is 0 Å². The van der Waals surface area contributed by atoms with Crippen molar-refractivity contribution in [3.8, 4) is 11.5 Å². The Morgan fingerprint density at radius 2 is 1.95 bits per heavy atom. The van der Waals surface area contributed by atoms with E-state index < -0.39 is 0 Å². The molecule has 1 heterocycles. The van der Waals surface area contributed by atoms with E-state index in [-0.39, 0.29) is 6.10 Å². The van der Waals surface area contributed by atoms with Crippen molar-refractivity contribution in [2.75, 3.05) is 26.4 Å². The molecular weight excluding hydrogens is 254 g/mol. The van der Waals surface area contributed by atoms with Crippen LogP contribution in [-0.2, 0) is 4.74 Å². The second kappa shape index (κ2) is 8.12. The first-order valence-electron chi connectivity index (χ1n) is 7.54. The van der Waals surface area contributed by atoms with Crippen LogP contribution in [0.3, 0.4) is 0 Å². The highest BCUT2D eigenvalue weighted by Crippen LogP contribution is 2.21. The van der Waals surface area contributed by atoms with Gasteiger partial charge in [-0.3, -0.25) is 0 Å². The molecule has 2 rings (SSSR count). The lowest BCUT2D eigenvalue weighted by molar-refractivity contribution is -0.0143. The highest BCUT2D eigenvalue weighted by Gasteiger charge is 2.26. The Kier molecular flexibility index (Phi) is 6.15. The van der Waals surface area contributed by atoms with E-state index in [0.717, 1.165) is 44.1 Å². The fourth-order valence-electron chi connectivity index (χ4n) is 2.33. The van der Waals surface area contributed by atoms with Crippen molar-refractivity contribution in [2.24, 2.45) is 0 Å². The normalized spacial score (nSPS) is 22.5. The Hall–Kier alpha value is -1.26. The minimum Gasteiger partial charge on any atom is -0.494 e. The first kappa shape index (κ1) is 15.1. The average molecular weight is 279 g/mol. The molecule has 20 heavy (non-hydrogen) atoms. The molecule has 2 unspecified atom stereocenters. The molecule has 0 amide bonds. The molecule has 0 aliphatic carbocycles. The number of benzene rings is 1. The predicted octanol–water partition coefficient (Wildman–Crippen LogP) is 2.62. The summed E-state index contributed by atoms with van der Waals surface area (Å²) >= 11 is 0. The molecule has 0 spiro atoms. The van der Waals surface area contributed by atoms with Gasteiger partial charge in [0.15, 0.2) is 0 Å². The van der Waals surface area contributed by atoms with Crippen LogP contribution >= 0.6 is 0 Å². The van der Waals surface area contributed by atoms with E-state index >= 15 is 0 Å². The van der Waals surface area contributed by atoms with E-state index in [1.165, 1.54) is 0 Å². The average Bonchev–Trinajstić information content (AvgIpc) is 2.49. The lowest BCUT2D eigenvalue weighted by atomic mass is 10.1. The number of hydrogen-bond donors (Lipinski definition) is 1. The molecule has 2 atom stereocenters. The Morgan fingerprint density at radius 1 is 1.20 bits per heavy atom. The Balaban J connectivity index is 1.90. The number of ether oxygens (including phenoxy) is 3. The second-order valence-corrected chi connectivity index (χ2v) is 5.00. The van der Waals surface area contributed by atoms with Gasteiger partial charge in [0.25, 0.3) is 0 Å². The Bertz CT molecular complexity index is 378. The van der Waals surface area contributed by atoms with Gasteiger partial charge in [-0.05, 0) is 43.7 Å². The van der Waals surface area contributed by atoms with Crippen molar-refractivity contribution >= 4 is 0 Å². The number of likely N-dealkylation sites (N-methyl/N-ethyl adjacent to an activating group) is 1. The lowest BCUT2D eigenvalue weighted by Crippen LogP contribution is -2.49. The zero-order chi connectivity index (χ0) is 14.2. The van der Waals surface area contributed by atoms with Crippen molar-refractivity contribution in [1.29, 1.82) is 0 Å². The van der Waals surface area contributed by atoms with Crippen LogP contribution in [0.2, 0.25) is 0 Å². The molecule has 0 saturated carbocycles. The zero-order valence-corrected chi connectivity index (χ0v) is 12.4. The third-order valence-corrected chi connectivity index (χ3v) is 3.35. The summed E-state index contributed by atoms with van der Waals surface area (Å²) in [5.74, 6) is 1.76. The van der Waals surface area contributed by atoms with Gasteiger partial charge in [-0.15, -0.1) is 0 Å². The summed E-state index contributed by atoms with van der Waals surface area (Å²) < 4.78 is 17.1.